The van der Waals surface area contributed by atoms with Gasteiger partial charge in [0.15, 0.2) is 0 Å². The summed E-state index contributed by atoms with van der Waals surface area (Å²) in [5.41, 5.74) is 2.45. The maximum absolute atomic E-state index is 13.5. The molecule has 6 heteroatoms. The fraction of sp³-hybridized carbons (Fsp3) is 0.263. The van der Waals surface area contributed by atoms with Gasteiger partial charge in [0.25, 0.3) is 0 Å². The fourth-order valence-electron chi connectivity index (χ4n) is 2.32. The molecule has 1 saturated carbocycles. The van der Waals surface area contributed by atoms with Gasteiger partial charge in [-0.25, -0.2) is 4.39 Å². The molecule has 3 N–H and O–H groups in total. The van der Waals surface area contributed by atoms with Gasteiger partial charge >= 0.3 is 0 Å². The summed E-state index contributed by atoms with van der Waals surface area (Å²) in [6.07, 6.45) is 1.93. The molecule has 0 atom stereocenters. The number of hydrogen-bond donors (Lipinski definition) is 3. The quantitative estimate of drug-likeness (QED) is 0.753. The molecule has 2 aromatic rings. The zero-order valence-electron chi connectivity index (χ0n) is 13.9. The second-order valence-corrected chi connectivity index (χ2v) is 6.21. The van der Waals surface area contributed by atoms with E-state index in [1.807, 2.05) is 0 Å². The van der Waals surface area contributed by atoms with Gasteiger partial charge in [-0.2, -0.15) is 0 Å². The standard InChI is InChI=1S/C19H20FN3O2/c1-12-2-5-16(10-17(12)20)22-18(24)11-21-14-6-8-15(9-7-14)23-19(25)13-3-4-13/h2,5-10,13,21H,3-4,11H2,1H3,(H,22,24)(H,23,25). The Morgan fingerprint density at radius 3 is 2.28 bits per heavy atom. The summed E-state index contributed by atoms with van der Waals surface area (Å²) in [7, 11) is 0. The van der Waals surface area contributed by atoms with Gasteiger partial charge in [-0.05, 0) is 61.7 Å². The van der Waals surface area contributed by atoms with Gasteiger partial charge in [0.05, 0.1) is 6.54 Å². The van der Waals surface area contributed by atoms with Gasteiger partial charge in [-0.3, -0.25) is 9.59 Å². The van der Waals surface area contributed by atoms with Crippen molar-refractivity contribution in [3.05, 3.63) is 53.8 Å². The van der Waals surface area contributed by atoms with E-state index in [9.17, 15) is 14.0 Å². The first-order valence-corrected chi connectivity index (χ1v) is 8.22. The SMILES string of the molecule is Cc1ccc(NC(=O)CNc2ccc(NC(=O)C3CC3)cc2)cc1F. The molecule has 0 bridgehead atoms. The lowest BCUT2D eigenvalue weighted by Gasteiger charge is -2.09. The van der Waals surface area contributed by atoms with Crippen molar-refractivity contribution < 1.29 is 14.0 Å². The Kier molecular flexibility index (Phi) is 4.97. The van der Waals surface area contributed by atoms with E-state index in [2.05, 4.69) is 16.0 Å². The van der Waals surface area contributed by atoms with Crippen molar-refractivity contribution in [3.8, 4) is 0 Å². The number of rotatable bonds is 6. The van der Waals surface area contributed by atoms with E-state index in [1.165, 1.54) is 6.07 Å². The topological polar surface area (TPSA) is 70.2 Å². The number of nitrogens with one attached hydrogen (secondary N) is 3. The van der Waals surface area contributed by atoms with Gasteiger partial charge in [0, 0.05) is 23.0 Å². The molecule has 0 heterocycles. The normalized spacial score (nSPS) is 13.2. The molecule has 0 aromatic heterocycles. The highest BCUT2D eigenvalue weighted by Gasteiger charge is 2.29. The third-order valence-electron chi connectivity index (χ3n) is 4.01. The van der Waals surface area contributed by atoms with E-state index in [1.54, 1.807) is 43.3 Å². The number of benzene rings is 2. The number of amides is 2. The molecule has 130 valence electrons. The van der Waals surface area contributed by atoms with Crippen molar-refractivity contribution in [3.63, 3.8) is 0 Å². The van der Waals surface area contributed by atoms with Gasteiger partial charge in [0.2, 0.25) is 11.8 Å². The lowest BCUT2D eigenvalue weighted by atomic mass is 10.2. The molecule has 25 heavy (non-hydrogen) atoms. The molecular formula is C19H20FN3O2. The van der Waals surface area contributed by atoms with E-state index < -0.39 is 0 Å². The van der Waals surface area contributed by atoms with E-state index in [0.29, 0.717) is 11.3 Å². The van der Waals surface area contributed by atoms with Crippen LogP contribution in [0, 0.1) is 18.7 Å². The van der Waals surface area contributed by atoms with Crippen LogP contribution in [0.25, 0.3) is 0 Å². The number of carbonyl (C=O) groups is 2. The Labute approximate surface area is 145 Å². The molecule has 1 aliphatic rings. The van der Waals surface area contributed by atoms with Gasteiger partial charge in [-0.15, -0.1) is 0 Å². The minimum atomic E-state index is -0.352. The lowest BCUT2D eigenvalue weighted by Crippen LogP contribution is -2.21. The minimum absolute atomic E-state index is 0.0588. The molecule has 0 saturated heterocycles. The van der Waals surface area contributed by atoms with Crippen LogP contribution in [-0.4, -0.2) is 18.4 Å². The molecule has 0 radical (unpaired) electrons. The summed E-state index contributed by atoms with van der Waals surface area (Å²) < 4.78 is 13.5. The highest BCUT2D eigenvalue weighted by molar-refractivity contribution is 5.95. The Morgan fingerprint density at radius 2 is 1.64 bits per heavy atom. The Balaban J connectivity index is 1.48. The minimum Gasteiger partial charge on any atom is -0.376 e. The second kappa shape index (κ2) is 7.34. The molecule has 2 amide bonds. The fourth-order valence-corrected chi connectivity index (χ4v) is 2.32. The Bertz CT molecular complexity index is 786. The molecule has 0 aliphatic heterocycles. The number of aryl methyl sites for hydroxylation is 1. The molecule has 3 rings (SSSR count). The lowest BCUT2D eigenvalue weighted by molar-refractivity contribution is -0.117. The van der Waals surface area contributed by atoms with E-state index >= 15 is 0 Å². The highest BCUT2D eigenvalue weighted by atomic mass is 19.1. The van der Waals surface area contributed by atoms with Gasteiger partial charge in [-0.1, -0.05) is 6.07 Å². The zero-order chi connectivity index (χ0) is 17.8. The highest BCUT2D eigenvalue weighted by Crippen LogP contribution is 2.30. The van der Waals surface area contributed by atoms with Crippen molar-refractivity contribution in [2.24, 2.45) is 5.92 Å². The van der Waals surface area contributed by atoms with Crippen LogP contribution >= 0.6 is 0 Å². The van der Waals surface area contributed by atoms with Crippen molar-refractivity contribution in [2.75, 3.05) is 22.5 Å². The van der Waals surface area contributed by atoms with Crippen LogP contribution in [0.4, 0.5) is 21.5 Å². The first kappa shape index (κ1) is 17.0. The summed E-state index contributed by atoms with van der Waals surface area (Å²) in [5.74, 6) is -0.400. The van der Waals surface area contributed by atoms with Crippen molar-refractivity contribution in [1.82, 2.24) is 0 Å². The van der Waals surface area contributed by atoms with Crippen molar-refractivity contribution in [2.45, 2.75) is 19.8 Å². The van der Waals surface area contributed by atoms with Crippen LogP contribution in [0.3, 0.4) is 0 Å². The van der Waals surface area contributed by atoms with Crippen LogP contribution < -0.4 is 16.0 Å². The number of halogens is 1. The first-order valence-electron chi connectivity index (χ1n) is 8.22. The van der Waals surface area contributed by atoms with Crippen molar-refractivity contribution >= 4 is 28.9 Å². The molecule has 1 aliphatic carbocycles. The smallest absolute Gasteiger partial charge is 0.243 e. The van der Waals surface area contributed by atoms with Gasteiger partial charge in [0.1, 0.15) is 5.82 Å². The molecule has 0 spiro atoms. The number of carbonyl (C=O) groups excluding carboxylic acids is 2. The predicted molar refractivity (Wildman–Crippen MR) is 96.1 cm³/mol. The van der Waals surface area contributed by atoms with E-state index in [4.69, 9.17) is 0 Å². The van der Waals surface area contributed by atoms with Gasteiger partial charge < -0.3 is 16.0 Å². The predicted octanol–water partition coefficient (Wildman–Crippen LogP) is 3.53. The second-order valence-electron chi connectivity index (χ2n) is 6.21. The summed E-state index contributed by atoms with van der Waals surface area (Å²) in [5, 5.41) is 8.48. The van der Waals surface area contributed by atoms with Crippen molar-refractivity contribution in [1.29, 1.82) is 0 Å². The summed E-state index contributed by atoms with van der Waals surface area (Å²) in [4.78, 5) is 23.6. The average Bonchev–Trinajstić information content (AvgIpc) is 3.43. The van der Waals surface area contributed by atoms with E-state index in [0.717, 1.165) is 24.2 Å². The van der Waals surface area contributed by atoms with Crippen LogP contribution in [0.2, 0.25) is 0 Å². The summed E-state index contributed by atoms with van der Waals surface area (Å²) >= 11 is 0. The molecule has 0 unspecified atom stereocenters. The maximum Gasteiger partial charge on any atom is 0.243 e. The Morgan fingerprint density at radius 1 is 1.00 bits per heavy atom. The molecular weight excluding hydrogens is 321 g/mol. The monoisotopic (exact) mass is 341 g/mol. The van der Waals surface area contributed by atoms with E-state index in [-0.39, 0.29) is 30.1 Å². The first-order chi connectivity index (χ1) is 12.0. The summed E-state index contributed by atoms with van der Waals surface area (Å²) in [6, 6.07) is 11.7. The molecule has 5 nitrogen and oxygen atoms in total. The molecule has 2 aromatic carbocycles. The maximum atomic E-state index is 13.5. The average molecular weight is 341 g/mol. The third kappa shape index (κ3) is 4.79. The molecule has 1 fully saturated rings. The summed E-state index contributed by atoms with van der Waals surface area (Å²) in [6.45, 7) is 1.72. The zero-order valence-corrected chi connectivity index (χ0v) is 13.9. The number of hydrogen-bond acceptors (Lipinski definition) is 3. The number of anilines is 3. The van der Waals surface area contributed by atoms with Crippen LogP contribution in [-0.2, 0) is 9.59 Å². The Hall–Kier alpha value is -2.89. The van der Waals surface area contributed by atoms with Crippen LogP contribution in [0.15, 0.2) is 42.5 Å². The van der Waals surface area contributed by atoms with Crippen LogP contribution in [0.1, 0.15) is 18.4 Å². The third-order valence-corrected chi connectivity index (χ3v) is 4.01. The van der Waals surface area contributed by atoms with Crippen LogP contribution in [0.5, 0.6) is 0 Å². The largest absolute Gasteiger partial charge is 0.376 e.